The van der Waals surface area contributed by atoms with Gasteiger partial charge in [-0.15, -0.1) is 0 Å². The minimum Gasteiger partial charge on any atom is -0.462 e. The molecule has 4 N–H and O–H groups in total. The second kappa shape index (κ2) is 39.8. The van der Waals surface area contributed by atoms with Crippen molar-refractivity contribution in [3.8, 4) is 0 Å². The predicted octanol–water partition coefficient (Wildman–Crippen LogP) is 10.4. The molecular weight excluding hydrogens is 749 g/mol. The zero-order chi connectivity index (χ0) is 43.0. The van der Waals surface area contributed by atoms with Gasteiger partial charge in [0.1, 0.15) is 31.0 Å². The van der Waals surface area contributed by atoms with Crippen LogP contribution in [0.5, 0.6) is 0 Å². The van der Waals surface area contributed by atoms with Gasteiger partial charge in [-0.25, -0.2) is 0 Å². The number of ether oxygens (including phenoxy) is 4. The number of esters is 2. The molecule has 342 valence electrons. The maximum absolute atomic E-state index is 12.8. The highest BCUT2D eigenvalue weighted by molar-refractivity contribution is 5.70. The molecule has 6 atom stereocenters. The summed E-state index contributed by atoms with van der Waals surface area (Å²) in [5.41, 5.74) is 0. The molecule has 0 amide bonds. The van der Waals surface area contributed by atoms with E-state index in [4.69, 9.17) is 18.9 Å². The number of unbranched alkanes of at least 4 members (excludes halogenated alkanes) is 20. The second-order valence-corrected chi connectivity index (χ2v) is 16.2. The number of aliphatic hydroxyl groups is 4. The first-order chi connectivity index (χ1) is 28.8. The predicted molar refractivity (Wildman–Crippen MR) is 238 cm³/mol. The van der Waals surface area contributed by atoms with Gasteiger partial charge in [0, 0.05) is 12.8 Å². The summed E-state index contributed by atoms with van der Waals surface area (Å²) in [4.78, 5) is 25.4. The Bertz CT molecular complexity index is 1100. The number of aliphatic hydroxyl groups excluding tert-OH is 4. The largest absolute Gasteiger partial charge is 0.462 e. The molecule has 10 nitrogen and oxygen atoms in total. The topological polar surface area (TPSA) is 152 Å². The standard InChI is InChI=1S/C49H86O10/c1-3-5-7-9-11-13-15-17-19-20-21-22-24-26-28-30-32-34-36-38-45(52)58-42(41-57-49-48(55)47(54)46(53)43(39-50)59-49)40-56-44(51)37-35-33-31-29-27-25-23-18-16-14-12-10-8-6-4-2/h11-14,17-19,23,42-43,46-50,53-55H,3-10,15-16,20-22,24-41H2,1-2H3/b13-11-,14-12-,19-17-,23-18-. The van der Waals surface area contributed by atoms with Gasteiger partial charge in [-0.1, -0.05) is 152 Å². The van der Waals surface area contributed by atoms with Gasteiger partial charge in [0.05, 0.1) is 13.2 Å². The van der Waals surface area contributed by atoms with Gasteiger partial charge in [-0.05, 0) is 77.0 Å². The summed E-state index contributed by atoms with van der Waals surface area (Å²) in [6.07, 6.45) is 39.6. The highest BCUT2D eigenvalue weighted by Gasteiger charge is 2.44. The fourth-order valence-electron chi connectivity index (χ4n) is 6.89. The van der Waals surface area contributed by atoms with Gasteiger partial charge in [-0.2, -0.15) is 0 Å². The summed E-state index contributed by atoms with van der Waals surface area (Å²) in [7, 11) is 0. The van der Waals surface area contributed by atoms with E-state index in [0.29, 0.717) is 12.8 Å². The molecule has 1 fully saturated rings. The Morgan fingerprint density at radius 2 is 0.949 bits per heavy atom. The fraction of sp³-hybridized carbons (Fsp3) is 0.796. The van der Waals surface area contributed by atoms with E-state index in [0.717, 1.165) is 70.6 Å². The average Bonchev–Trinajstić information content (AvgIpc) is 3.23. The first-order valence-corrected chi connectivity index (χ1v) is 23.7. The number of carbonyl (C=O) groups is 2. The van der Waals surface area contributed by atoms with E-state index in [1.165, 1.54) is 83.5 Å². The molecule has 1 aliphatic heterocycles. The fourth-order valence-corrected chi connectivity index (χ4v) is 6.89. The van der Waals surface area contributed by atoms with Crippen molar-refractivity contribution in [3.05, 3.63) is 48.6 Å². The third-order valence-corrected chi connectivity index (χ3v) is 10.7. The van der Waals surface area contributed by atoms with E-state index in [2.05, 4.69) is 62.5 Å². The lowest BCUT2D eigenvalue weighted by molar-refractivity contribution is -0.305. The summed E-state index contributed by atoms with van der Waals surface area (Å²) in [6, 6.07) is 0. The van der Waals surface area contributed by atoms with Crippen molar-refractivity contribution < 1.29 is 49.0 Å². The minimum atomic E-state index is -1.60. The summed E-state index contributed by atoms with van der Waals surface area (Å²) in [6.45, 7) is 3.36. The molecule has 1 heterocycles. The van der Waals surface area contributed by atoms with Crippen LogP contribution in [-0.2, 0) is 28.5 Å². The van der Waals surface area contributed by atoms with Crippen molar-refractivity contribution in [2.75, 3.05) is 19.8 Å². The zero-order valence-corrected chi connectivity index (χ0v) is 37.2. The Balaban J connectivity index is 2.31. The van der Waals surface area contributed by atoms with Crippen molar-refractivity contribution in [1.29, 1.82) is 0 Å². The summed E-state index contributed by atoms with van der Waals surface area (Å²) in [5, 5.41) is 40.1. The van der Waals surface area contributed by atoms with Crippen molar-refractivity contribution in [2.24, 2.45) is 0 Å². The van der Waals surface area contributed by atoms with Gasteiger partial charge in [0.15, 0.2) is 12.4 Å². The molecule has 0 aliphatic carbocycles. The molecule has 0 aromatic heterocycles. The molecule has 6 unspecified atom stereocenters. The molecule has 0 aromatic rings. The van der Waals surface area contributed by atoms with Crippen LogP contribution in [-0.4, -0.2) is 89.0 Å². The van der Waals surface area contributed by atoms with Crippen molar-refractivity contribution in [1.82, 2.24) is 0 Å². The maximum atomic E-state index is 12.8. The smallest absolute Gasteiger partial charge is 0.306 e. The van der Waals surface area contributed by atoms with Crippen LogP contribution in [0.15, 0.2) is 48.6 Å². The Morgan fingerprint density at radius 1 is 0.525 bits per heavy atom. The number of hydrogen-bond acceptors (Lipinski definition) is 10. The summed E-state index contributed by atoms with van der Waals surface area (Å²) in [5.74, 6) is -0.827. The molecule has 10 heteroatoms. The lowest BCUT2D eigenvalue weighted by Gasteiger charge is -2.39. The number of hydrogen-bond donors (Lipinski definition) is 4. The number of carbonyl (C=O) groups excluding carboxylic acids is 2. The van der Waals surface area contributed by atoms with Crippen LogP contribution in [0.25, 0.3) is 0 Å². The molecular formula is C49H86O10. The van der Waals surface area contributed by atoms with Gasteiger partial charge in [0.2, 0.25) is 0 Å². The molecule has 0 spiro atoms. The van der Waals surface area contributed by atoms with Gasteiger partial charge in [0.25, 0.3) is 0 Å². The van der Waals surface area contributed by atoms with E-state index in [1.807, 2.05) is 0 Å². The molecule has 1 aliphatic rings. The first kappa shape index (κ1) is 54.7. The van der Waals surface area contributed by atoms with Gasteiger partial charge >= 0.3 is 11.9 Å². The number of allylic oxidation sites excluding steroid dienone is 8. The van der Waals surface area contributed by atoms with Crippen LogP contribution in [0.1, 0.15) is 194 Å². The Morgan fingerprint density at radius 3 is 1.41 bits per heavy atom. The summed E-state index contributed by atoms with van der Waals surface area (Å²) >= 11 is 0. The van der Waals surface area contributed by atoms with Crippen LogP contribution >= 0.6 is 0 Å². The SMILES string of the molecule is CCCCC/C=C\C/C=C\CCCCCCCCCCCC(=O)OC(COC(=O)CCCCCCC/C=C\C/C=C\CCCCC)COC1OC(CO)C(O)C(O)C1O. The van der Waals surface area contributed by atoms with E-state index < -0.39 is 55.4 Å². The highest BCUT2D eigenvalue weighted by Crippen LogP contribution is 2.22. The molecule has 59 heavy (non-hydrogen) atoms. The average molecular weight is 835 g/mol. The van der Waals surface area contributed by atoms with Crippen LogP contribution in [0.2, 0.25) is 0 Å². The molecule has 0 bridgehead atoms. The highest BCUT2D eigenvalue weighted by atomic mass is 16.7. The van der Waals surface area contributed by atoms with Crippen molar-refractivity contribution >= 4 is 11.9 Å². The van der Waals surface area contributed by atoms with E-state index in [-0.39, 0.29) is 26.1 Å². The van der Waals surface area contributed by atoms with Crippen LogP contribution in [0.3, 0.4) is 0 Å². The number of rotatable bonds is 39. The normalized spacial score (nSPS) is 20.4. The van der Waals surface area contributed by atoms with Gasteiger partial charge in [-0.3, -0.25) is 9.59 Å². The van der Waals surface area contributed by atoms with E-state index in [9.17, 15) is 30.0 Å². The second-order valence-electron chi connectivity index (χ2n) is 16.2. The van der Waals surface area contributed by atoms with Crippen molar-refractivity contribution in [2.45, 2.75) is 230 Å². The third kappa shape index (κ3) is 31.2. The van der Waals surface area contributed by atoms with Gasteiger partial charge < -0.3 is 39.4 Å². The monoisotopic (exact) mass is 835 g/mol. The lowest BCUT2D eigenvalue weighted by atomic mass is 9.99. The maximum Gasteiger partial charge on any atom is 0.306 e. The lowest BCUT2D eigenvalue weighted by Crippen LogP contribution is -2.59. The molecule has 0 aromatic carbocycles. The summed E-state index contributed by atoms with van der Waals surface area (Å²) < 4.78 is 22.2. The first-order valence-electron chi connectivity index (χ1n) is 23.7. The van der Waals surface area contributed by atoms with Crippen molar-refractivity contribution in [3.63, 3.8) is 0 Å². The van der Waals surface area contributed by atoms with Crippen LogP contribution < -0.4 is 0 Å². The quantitative estimate of drug-likeness (QED) is 0.0267. The Hall–Kier alpha value is -2.34. The van der Waals surface area contributed by atoms with E-state index in [1.54, 1.807) is 0 Å². The Kier molecular flexibility index (Phi) is 36.9. The van der Waals surface area contributed by atoms with Crippen LogP contribution in [0.4, 0.5) is 0 Å². The molecule has 0 radical (unpaired) electrons. The van der Waals surface area contributed by atoms with E-state index >= 15 is 0 Å². The molecule has 0 saturated carbocycles. The third-order valence-electron chi connectivity index (χ3n) is 10.7. The molecule has 1 saturated heterocycles. The minimum absolute atomic E-state index is 0.221. The van der Waals surface area contributed by atoms with Crippen LogP contribution in [0, 0.1) is 0 Å². The Labute approximate surface area is 358 Å². The zero-order valence-electron chi connectivity index (χ0n) is 37.2. The molecule has 1 rings (SSSR count).